The van der Waals surface area contributed by atoms with Gasteiger partial charge >= 0.3 is 0 Å². The van der Waals surface area contributed by atoms with Crippen LogP contribution < -0.4 is 5.32 Å². The van der Waals surface area contributed by atoms with Crippen molar-refractivity contribution in [1.82, 2.24) is 4.98 Å². The lowest BCUT2D eigenvalue weighted by molar-refractivity contribution is -0.117. The van der Waals surface area contributed by atoms with E-state index < -0.39 is 0 Å². The van der Waals surface area contributed by atoms with Crippen molar-refractivity contribution >= 4 is 34.1 Å². The summed E-state index contributed by atoms with van der Waals surface area (Å²) in [5.74, 6) is 2.08. The number of hydrogen-bond acceptors (Lipinski definition) is 2. The van der Waals surface area contributed by atoms with Gasteiger partial charge in [0.2, 0.25) is 5.91 Å². The Morgan fingerprint density at radius 1 is 1.03 bits per heavy atom. The second-order valence-corrected chi connectivity index (χ2v) is 9.28. The van der Waals surface area contributed by atoms with Crippen molar-refractivity contribution in [3.63, 3.8) is 0 Å². The van der Waals surface area contributed by atoms with Crippen molar-refractivity contribution < 1.29 is 9.18 Å². The molecule has 5 rings (SSSR count). The summed E-state index contributed by atoms with van der Waals surface area (Å²) in [6.45, 7) is 0. The minimum Gasteiger partial charge on any atom is -0.326 e. The van der Waals surface area contributed by atoms with Crippen LogP contribution in [0.2, 0.25) is 5.02 Å². The summed E-state index contributed by atoms with van der Waals surface area (Å²) in [6.07, 6.45) is 6.86. The number of carbonyl (C=O) groups excluding carboxylic acids is 1. The monoisotopic (exact) mass is 422 g/mol. The number of carbonyl (C=O) groups is 1. The van der Waals surface area contributed by atoms with Crippen molar-refractivity contribution in [3.05, 3.63) is 71.1 Å². The first-order valence-electron chi connectivity index (χ1n) is 10.6. The number of anilines is 1. The van der Waals surface area contributed by atoms with E-state index in [0.29, 0.717) is 35.1 Å². The number of halogens is 2. The Morgan fingerprint density at radius 3 is 2.50 bits per heavy atom. The molecule has 2 aromatic carbocycles. The van der Waals surface area contributed by atoms with Gasteiger partial charge in [0, 0.05) is 28.7 Å². The lowest BCUT2D eigenvalue weighted by Crippen LogP contribution is -2.15. The quantitative estimate of drug-likeness (QED) is 0.516. The predicted molar refractivity (Wildman–Crippen MR) is 118 cm³/mol. The highest BCUT2D eigenvalue weighted by molar-refractivity contribution is 6.30. The average molecular weight is 423 g/mol. The zero-order valence-corrected chi connectivity index (χ0v) is 17.4. The van der Waals surface area contributed by atoms with Crippen molar-refractivity contribution in [2.24, 2.45) is 17.8 Å². The van der Waals surface area contributed by atoms with Crippen LogP contribution in [-0.2, 0) is 4.79 Å². The smallest absolute Gasteiger partial charge is 0.224 e. The molecular formula is C25H24ClFN2O. The van der Waals surface area contributed by atoms with Crippen LogP contribution in [0.15, 0.2) is 54.7 Å². The summed E-state index contributed by atoms with van der Waals surface area (Å²) >= 11 is 5.90. The van der Waals surface area contributed by atoms with E-state index in [9.17, 15) is 9.18 Å². The Hall–Kier alpha value is -2.46. The van der Waals surface area contributed by atoms with E-state index in [2.05, 4.69) is 16.4 Å². The van der Waals surface area contributed by atoms with Gasteiger partial charge in [0.05, 0.1) is 5.52 Å². The van der Waals surface area contributed by atoms with Crippen LogP contribution in [0.5, 0.6) is 0 Å². The minimum atomic E-state index is -0.207. The zero-order chi connectivity index (χ0) is 20.7. The second-order valence-electron chi connectivity index (χ2n) is 8.85. The highest BCUT2D eigenvalue weighted by Gasteiger charge is 2.42. The first-order chi connectivity index (χ1) is 14.5. The largest absolute Gasteiger partial charge is 0.326 e. The molecule has 2 fully saturated rings. The summed E-state index contributed by atoms with van der Waals surface area (Å²) in [5, 5.41) is 4.59. The minimum absolute atomic E-state index is 0.0782. The van der Waals surface area contributed by atoms with Crippen LogP contribution in [-0.4, -0.2) is 10.9 Å². The van der Waals surface area contributed by atoms with Crippen LogP contribution >= 0.6 is 11.6 Å². The lowest BCUT2D eigenvalue weighted by atomic mass is 9.89. The third-order valence-electron chi connectivity index (χ3n) is 6.89. The van der Waals surface area contributed by atoms with E-state index in [1.54, 1.807) is 24.3 Å². The molecular weight excluding hydrogens is 399 g/mol. The number of rotatable bonds is 4. The molecule has 4 atom stereocenters. The van der Waals surface area contributed by atoms with E-state index in [1.165, 1.54) is 11.6 Å². The molecule has 2 unspecified atom stereocenters. The second kappa shape index (κ2) is 7.99. The highest BCUT2D eigenvalue weighted by Crippen LogP contribution is 2.53. The van der Waals surface area contributed by atoms with Crippen molar-refractivity contribution in [2.75, 3.05) is 5.32 Å². The van der Waals surface area contributed by atoms with Gasteiger partial charge in [-0.3, -0.25) is 9.78 Å². The highest BCUT2D eigenvalue weighted by atomic mass is 35.5. The summed E-state index contributed by atoms with van der Waals surface area (Å²) in [7, 11) is 0. The normalized spacial score (nSPS) is 25.4. The van der Waals surface area contributed by atoms with Gasteiger partial charge in [-0.05, 0) is 103 Å². The van der Waals surface area contributed by atoms with Crippen molar-refractivity contribution in [1.29, 1.82) is 0 Å². The third kappa shape index (κ3) is 3.93. The molecule has 3 aromatic rings. The molecule has 5 heteroatoms. The Bertz CT molecular complexity index is 1070. The van der Waals surface area contributed by atoms with Gasteiger partial charge in [-0.25, -0.2) is 4.39 Å². The molecule has 1 heterocycles. The molecule has 1 aromatic heterocycles. The summed E-state index contributed by atoms with van der Waals surface area (Å²) in [4.78, 5) is 16.8. The van der Waals surface area contributed by atoms with Gasteiger partial charge in [0.25, 0.3) is 0 Å². The maximum Gasteiger partial charge on any atom is 0.224 e. The first kappa shape index (κ1) is 19.5. The van der Waals surface area contributed by atoms with Crippen LogP contribution in [0, 0.1) is 23.6 Å². The van der Waals surface area contributed by atoms with E-state index in [-0.39, 0.29) is 11.7 Å². The molecule has 1 amide bonds. The van der Waals surface area contributed by atoms with Crippen LogP contribution in [0.4, 0.5) is 10.1 Å². The number of nitrogens with one attached hydrogen (secondary N) is 1. The first-order valence-corrected chi connectivity index (χ1v) is 11.0. The third-order valence-corrected chi connectivity index (χ3v) is 7.14. The summed E-state index contributed by atoms with van der Waals surface area (Å²) in [6, 6.07) is 14.1. The number of hydrogen-bond donors (Lipinski definition) is 1. The van der Waals surface area contributed by atoms with Gasteiger partial charge in [-0.2, -0.15) is 0 Å². The fourth-order valence-electron chi connectivity index (χ4n) is 5.67. The fraction of sp³-hybridized carbons (Fsp3) is 0.360. The van der Waals surface area contributed by atoms with Crippen LogP contribution in [0.3, 0.4) is 0 Å². The maximum absolute atomic E-state index is 13.8. The molecule has 0 bridgehead atoms. The standard InChI is InChI=1S/C25H24ClFN2O/c26-19-1-4-21(5-2-19)29-25(30)11-15-9-16-12-18(13-17(16)10-15)22-7-8-28-24-6-3-20(27)14-23(22)24/h1-8,14-18H,9-13H2,(H,29,30)/t15-,16+,17?,18?/m0/s1. The maximum atomic E-state index is 13.8. The molecule has 2 saturated carbocycles. The van der Waals surface area contributed by atoms with E-state index in [1.807, 2.05) is 18.3 Å². The van der Waals surface area contributed by atoms with Gasteiger partial charge in [-0.1, -0.05) is 11.6 Å². The van der Waals surface area contributed by atoms with Gasteiger partial charge < -0.3 is 5.32 Å². The molecule has 0 saturated heterocycles. The number of pyridine rings is 1. The molecule has 3 nitrogen and oxygen atoms in total. The van der Waals surface area contributed by atoms with Crippen LogP contribution in [0.1, 0.15) is 43.6 Å². The van der Waals surface area contributed by atoms with Crippen molar-refractivity contribution in [2.45, 2.75) is 38.0 Å². The number of aromatic nitrogens is 1. The Labute approximate surface area is 180 Å². The number of fused-ring (bicyclic) bond motifs is 2. The molecule has 0 spiro atoms. The van der Waals surface area contributed by atoms with Gasteiger partial charge in [0.15, 0.2) is 0 Å². The molecule has 0 radical (unpaired) electrons. The Morgan fingerprint density at radius 2 is 1.77 bits per heavy atom. The number of nitrogens with zero attached hydrogens (tertiary/aromatic N) is 1. The molecule has 2 aliphatic rings. The van der Waals surface area contributed by atoms with Crippen molar-refractivity contribution in [3.8, 4) is 0 Å². The molecule has 0 aliphatic heterocycles. The Kier molecular flexibility index (Phi) is 5.20. The molecule has 154 valence electrons. The number of amides is 1. The average Bonchev–Trinajstić information content (AvgIpc) is 3.27. The molecule has 30 heavy (non-hydrogen) atoms. The predicted octanol–water partition coefficient (Wildman–Crippen LogP) is 6.58. The topological polar surface area (TPSA) is 42.0 Å². The summed E-state index contributed by atoms with van der Waals surface area (Å²) < 4.78 is 13.8. The fourth-order valence-corrected chi connectivity index (χ4v) is 5.79. The SMILES string of the molecule is O=C(C[C@@H]1CC2CC(c3ccnc4ccc(F)cc34)C[C@H]2C1)Nc1ccc(Cl)cc1. The lowest BCUT2D eigenvalue weighted by Gasteiger charge is -2.17. The number of benzene rings is 2. The molecule has 1 N–H and O–H groups in total. The zero-order valence-electron chi connectivity index (χ0n) is 16.7. The summed E-state index contributed by atoms with van der Waals surface area (Å²) in [5.41, 5.74) is 2.88. The Balaban J connectivity index is 1.21. The van der Waals surface area contributed by atoms with E-state index >= 15 is 0 Å². The van der Waals surface area contributed by atoms with E-state index in [4.69, 9.17) is 11.6 Å². The van der Waals surface area contributed by atoms with Crippen LogP contribution in [0.25, 0.3) is 10.9 Å². The molecule has 2 aliphatic carbocycles. The van der Waals surface area contributed by atoms with E-state index in [0.717, 1.165) is 42.3 Å². The van der Waals surface area contributed by atoms with Gasteiger partial charge in [0.1, 0.15) is 5.82 Å². The van der Waals surface area contributed by atoms with Gasteiger partial charge in [-0.15, -0.1) is 0 Å².